The molecule has 4 heteroatoms. The van der Waals surface area contributed by atoms with Crippen LogP contribution in [0.15, 0.2) is 12.1 Å². The molecule has 1 aliphatic heterocycles. The van der Waals surface area contributed by atoms with Crippen molar-refractivity contribution in [1.82, 2.24) is 9.88 Å². The maximum absolute atomic E-state index is 9.51. The summed E-state index contributed by atoms with van der Waals surface area (Å²) in [6.45, 7) is 3.74. The number of benzene rings is 1. The van der Waals surface area contributed by atoms with Gasteiger partial charge in [-0.05, 0) is 31.7 Å². The fourth-order valence-electron chi connectivity index (χ4n) is 2.68. The second kappa shape index (κ2) is 4.48. The van der Waals surface area contributed by atoms with Gasteiger partial charge in [-0.25, -0.2) is 0 Å². The molecule has 19 heavy (non-hydrogen) atoms. The lowest BCUT2D eigenvalue weighted by Crippen LogP contribution is -2.28. The van der Waals surface area contributed by atoms with Gasteiger partial charge in [0.1, 0.15) is 6.07 Å². The van der Waals surface area contributed by atoms with Crippen LogP contribution >= 0.6 is 11.6 Å². The highest BCUT2D eigenvalue weighted by molar-refractivity contribution is 6.32. The predicted molar refractivity (Wildman–Crippen MR) is 76.2 cm³/mol. The molecule has 0 bridgehead atoms. The van der Waals surface area contributed by atoms with Crippen molar-refractivity contribution < 1.29 is 0 Å². The normalized spacial score (nSPS) is 15.3. The van der Waals surface area contributed by atoms with E-state index in [0.717, 1.165) is 52.8 Å². The van der Waals surface area contributed by atoms with Crippen molar-refractivity contribution in [2.75, 3.05) is 13.6 Å². The third-order valence-corrected chi connectivity index (χ3v) is 4.21. The Hall–Kier alpha value is -1.63. The van der Waals surface area contributed by atoms with Gasteiger partial charge in [0.2, 0.25) is 0 Å². The minimum Gasteiger partial charge on any atom is -0.302 e. The Balaban J connectivity index is 2.40. The molecule has 1 aromatic carbocycles. The van der Waals surface area contributed by atoms with E-state index in [4.69, 9.17) is 16.6 Å². The number of hydrogen-bond donors (Lipinski definition) is 0. The van der Waals surface area contributed by atoms with Gasteiger partial charge in [-0.15, -0.1) is 0 Å². The molecule has 3 rings (SSSR count). The number of pyridine rings is 1. The number of fused-ring (bicyclic) bond motifs is 2. The molecule has 0 saturated carbocycles. The Bertz CT molecular complexity index is 716. The Kier molecular flexibility index (Phi) is 2.93. The summed E-state index contributed by atoms with van der Waals surface area (Å²) in [5, 5.41) is 11.1. The SMILES string of the molecule is Cc1c(Cl)ccc2c(C#N)c3c(nc12)CCN(C)C3. The third kappa shape index (κ3) is 1.88. The molecule has 0 saturated heterocycles. The van der Waals surface area contributed by atoms with Crippen molar-refractivity contribution >= 4 is 22.5 Å². The van der Waals surface area contributed by atoms with Gasteiger partial charge >= 0.3 is 0 Å². The van der Waals surface area contributed by atoms with E-state index in [-0.39, 0.29) is 0 Å². The van der Waals surface area contributed by atoms with Gasteiger partial charge < -0.3 is 4.90 Å². The highest BCUT2D eigenvalue weighted by Gasteiger charge is 2.21. The van der Waals surface area contributed by atoms with Crippen molar-refractivity contribution in [3.63, 3.8) is 0 Å². The van der Waals surface area contributed by atoms with E-state index in [0.29, 0.717) is 5.02 Å². The summed E-state index contributed by atoms with van der Waals surface area (Å²) in [5.41, 5.74) is 4.70. The molecule has 0 atom stereocenters. The standard InChI is InChI=1S/C15H14ClN3/c1-9-13(16)4-3-10-11(7-17)12-8-19(2)6-5-14(12)18-15(9)10/h3-4H,5-6,8H2,1-2H3. The highest BCUT2D eigenvalue weighted by atomic mass is 35.5. The second-order valence-corrected chi connectivity index (χ2v) is 5.49. The number of nitrogens with zero attached hydrogens (tertiary/aromatic N) is 3. The van der Waals surface area contributed by atoms with Crippen molar-refractivity contribution in [2.45, 2.75) is 19.9 Å². The van der Waals surface area contributed by atoms with E-state index >= 15 is 0 Å². The van der Waals surface area contributed by atoms with Gasteiger partial charge in [-0.1, -0.05) is 11.6 Å². The van der Waals surface area contributed by atoms with Gasteiger partial charge in [0.15, 0.2) is 0 Å². The lowest BCUT2D eigenvalue weighted by molar-refractivity contribution is 0.310. The van der Waals surface area contributed by atoms with Crippen LogP contribution in [0.2, 0.25) is 5.02 Å². The number of nitriles is 1. The Morgan fingerprint density at radius 3 is 2.95 bits per heavy atom. The van der Waals surface area contributed by atoms with Crippen LogP contribution in [0.5, 0.6) is 0 Å². The molecule has 0 aliphatic carbocycles. The van der Waals surface area contributed by atoms with Crippen LogP contribution in [0.25, 0.3) is 10.9 Å². The summed E-state index contributed by atoms with van der Waals surface area (Å²) in [5.74, 6) is 0. The number of likely N-dealkylation sites (N-methyl/N-ethyl adjacent to an activating group) is 1. The van der Waals surface area contributed by atoms with Gasteiger partial charge in [0.05, 0.1) is 11.1 Å². The van der Waals surface area contributed by atoms with E-state index in [2.05, 4.69) is 18.0 Å². The van der Waals surface area contributed by atoms with Crippen molar-refractivity contribution in [1.29, 1.82) is 5.26 Å². The third-order valence-electron chi connectivity index (χ3n) is 3.80. The Morgan fingerprint density at radius 2 is 2.21 bits per heavy atom. The fraction of sp³-hybridized carbons (Fsp3) is 0.333. The second-order valence-electron chi connectivity index (χ2n) is 5.08. The van der Waals surface area contributed by atoms with Crippen molar-refractivity contribution in [3.05, 3.63) is 39.5 Å². The molecule has 96 valence electrons. The van der Waals surface area contributed by atoms with Crippen LogP contribution in [0, 0.1) is 18.3 Å². The molecule has 0 amide bonds. The van der Waals surface area contributed by atoms with Crippen LogP contribution in [0.4, 0.5) is 0 Å². The lowest BCUT2D eigenvalue weighted by Gasteiger charge is -2.26. The molecule has 0 N–H and O–H groups in total. The summed E-state index contributed by atoms with van der Waals surface area (Å²) >= 11 is 6.16. The maximum Gasteiger partial charge on any atom is 0.100 e. The molecule has 1 aliphatic rings. The minimum atomic E-state index is 0.705. The topological polar surface area (TPSA) is 39.9 Å². The van der Waals surface area contributed by atoms with Crippen LogP contribution < -0.4 is 0 Å². The summed E-state index contributed by atoms with van der Waals surface area (Å²) in [6, 6.07) is 6.11. The van der Waals surface area contributed by atoms with Gasteiger partial charge in [-0.2, -0.15) is 5.26 Å². The van der Waals surface area contributed by atoms with Crippen LogP contribution in [-0.4, -0.2) is 23.5 Å². The lowest BCUT2D eigenvalue weighted by atomic mass is 9.95. The average molecular weight is 272 g/mol. The first-order valence-corrected chi connectivity index (χ1v) is 6.69. The van der Waals surface area contributed by atoms with E-state index in [1.807, 2.05) is 19.1 Å². The number of hydrogen-bond acceptors (Lipinski definition) is 3. The highest BCUT2D eigenvalue weighted by Crippen LogP contribution is 2.31. The molecule has 2 heterocycles. The molecule has 0 radical (unpaired) electrons. The zero-order valence-corrected chi connectivity index (χ0v) is 11.8. The summed E-state index contributed by atoms with van der Waals surface area (Å²) in [7, 11) is 2.07. The minimum absolute atomic E-state index is 0.705. The zero-order chi connectivity index (χ0) is 13.6. The number of rotatable bonds is 0. The van der Waals surface area contributed by atoms with Crippen molar-refractivity contribution in [3.8, 4) is 6.07 Å². The average Bonchev–Trinajstić information content (AvgIpc) is 2.41. The first-order valence-electron chi connectivity index (χ1n) is 6.31. The first-order chi connectivity index (χ1) is 9.11. The molecule has 0 unspecified atom stereocenters. The zero-order valence-electron chi connectivity index (χ0n) is 11.0. The molecule has 2 aromatic rings. The maximum atomic E-state index is 9.51. The van der Waals surface area contributed by atoms with Gasteiger partial charge in [-0.3, -0.25) is 4.98 Å². The summed E-state index contributed by atoms with van der Waals surface area (Å²) in [4.78, 5) is 6.98. The predicted octanol–water partition coefficient (Wildman–Crippen LogP) is 3.06. The molecule has 0 fully saturated rings. The largest absolute Gasteiger partial charge is 0.302 e. The number of aromatic nitrogens is 1. The van der Waals surface area contributed by atoms with E-state index in [1.165, 1.54) is 0 Å². The van der Waals surface area contributed by atoms with Gasteiger partial charge in [0.25, 0.3) is 0 Å². The molecule has 1 aromatic heterocycles. The van der Waals surface area contributed by atoms with Crippen molar-refractivity contribution in [2.24, 2.45) is 0 Å². The van der Waals surface area contributed by atoms with E-state index in [9.17, 15) is 5.26 Å². The molecule has 3 nitrogen and oxygen atoms in total. The summed E-state index contributed by atoms with van der Waals surface area (Å²) < 4.78 is 0. The fourth-order valence-corrected chi connectivity index (χ4v) is 2.83. The summed E-state index contributed by atoms with van der Waals surface area (Å²) in [6.07, 6.45) is 0.891. The molecular formula is C15H14ClN3. The number of halogens is 1. The Labute approximate surface area is 117 Å². The van der Waals surface area contributed by atoms with E-state index in [1.54, 1.807) is 0 Å². The van der Waals surface area contributed by atoms with Crippen LogP contribution in [0.1, 0.15) is 22.4 Å². The quantitative estimate of drug-likeness (QED) is 0.739. The monoisotopic (exact) mass is 271 g/mol. The Morgan fingerprint density at radius 1 is 1.42 bits per heavy atom. The van der Waals surface area contributed by atoms with Crippen LogP contribution in [0.3, 0.4) is 0 Å². The van der Waals surface area contributed by atoms with Gasteiger partial charge in [0, 0.05) is 41.2 Å². The van der Waals surface area contributed by atoms with E-state index < -0.39 is 0 Å². The number of aryl methyl sites for hydroxylation is 1. The molecular weight excluding hydrogens is 258 g/mol. The molecule has 0 spiro atoms. The first kappa shape index (κ1) is 12.4. The smallest absolute Gasteiger partial charge is 0.100 e. The van der Waals surface area contributed by atoms with Crippen LogP contribution in [-0.2, 0) is 13.0 Å².